The lowest BCUT2D eigenvalue weighted by molar-refractivity contribution is -0.151. The molecule has 142 valence electrons. The van der Waals surface area contributed by atoms with Crippen molar-refractivity contribution in [2.24, 2.45) is 5.92 Å². The van der Waals surface area contributed by atoms with Crippen LogP contribution in [0.5, 0.6) is 11.5 Å². The summed E-state index contributed by atoms with van der Waals surface area (Å²) in [7, 11) is 3.13. The van der Waals surface area contributed by atoms with Crippen molar-refractivity contribution in [1.82, 2.24) is 0 Å². The van der Waals surface area contributed by atoms with Crippen LogP contribution in [0.1, 0.15) is 30.4 Å². The number of carbonyl (C=O) groups excluding carboxylic acids is 2. The van der Waals surface area contributed by atoms with Gasteiger partial charge in [-0.3, -0.25) is 9.59 Å². The number of allylic oxidation sites excluding steroid dienone is 2. The molecular formula is C21H22O5S. The second-order valence-corrected chi connectivity index (χ2v) is 7.02. The van der Waals surface area contributed by atoms with Gasteiger partial charge in [-0.25, -0.2) is 0 Å². The second-order valence-electron chi connectivity index (χ2n) is 6.24. The first-order valence-corrected chi connectivity index (χ1v) is 9.68. The summed E-state index contributed by atoms with van der Waals surface area (Å²) < 4.78 is 15.9. The number of methoxy groups -OCH3 is 2. The standard InChI is InChI=1S/C21H22O5S/c1-4-26-21(23)20-16(13-5-6-18(24-2)19(11-13)25-3)9-15(10-17(20)22)14-7-8-27-12-14/h5-8,10-12,16,20H,4,9H2,1-3H3/t16-,20-/m1/s1. The van der Waals surface area contributed by atoms with Gasteiger partial charge in [0, 0.05) is 5.92 Å². The first-order valence-electron chi connectivity index (χ1n) is 8.74. The van der Waals surface area contributed by atoms with Gasteiger partial charge in [0.25, 0.3) is 0 Å². The van der Waals surface area contributed by atoms with Crippen LogP contribution >= 0.6 is 11.3 Å². The van der Waals surface area contributed by atoms with Gasteiger partial charge in [0.1, 0.15) is 5.92 Å². The van der Waals surface area contributed by atoms with Crippen LogP contribution < -0.4 is 9.47 Å². The Balaban J connectivity index is 2.04. The second kappa shape index (κ2) is 8.39. The van der Waals surface area contributed by atoms with Crippen molar-refractivity contribution in [3.63, 3.8) is 0 Å². The highest BCUT2D eigenvalue weighted by Gasteiger charge is 2.40. The van der Waals surface area contributed by atoms with Gasteiger partial charge in [0.15, 0.2) is 17.3 Å². The van der Waals surface area contributed by atoms with Crippen molar-refractivity contribution in [2.75, 3.05) is 20.8 Å². The van der Waals surface area contributed by atoms with Crippen LogP contribution in [0.4, 0.5) is 0 Å². The van der Waals surface area contributed by atoms with Crippen molar-refractivity contribution < 1.29 is 23.8 Å². The van der Waals surface area contributed by atoms with Crippen LogP contribution in [-0.2, 0) is 14.3 Å². The number of rotatable bonds is 6. The van der Waals surface area contributed by atoms with Crippen molar-refractivity contribution in [3.05, 3.63) is 52.2 Å². The number of benzene rings is 1. The van der Waals surface area contributed by atoms with Crippen LogP contribution in [0.3, 0.4) is 0 Å². The minimum atomic E-state index is -0.856. The largest absolute Gasteiger partial charge is 0.493 e. The Morgan fingerprint density at radius 1 is 1.19 bits per heavy atom. The Labute approximate surface area is 162 Å². The van der Waals surface area contributed by atoms with E-state index in [4.69, 9.17) is 14.2 Å². The first kappa shape index (κ1) is 19.2. The van der Waals surface area contributed by atoms with E-state index < -0.39 is 11.9 Å². The number of hydrogen-bond acceptors (Lipinski definition) is 6. The fraction of sp³-hybridized carbons (Fsp3) is 0.333. The van der Waals surface area contributed by atoms with Crippen molar-refractivity contribution in [2.45, 2.75) is 19.3 Å². The smallest absolute Gasteiger partial charge is 0.317 e. The van der Waals surface area contributed by atoms with Gasteiger partial charge in [-0.2, -0.15) is 11.3 Å². The Kier molecular flexibility index (Phi) is 5.96. The number of thiophene rings is 1. The molecule has 6 heteroatoms. The summed E-state index contributed by atoms with van der Waals surface area (Å²) in [4.78, 5) is 25.4. The Morgan fingerprint density at radius 2 is 1.96 bits per heavy atom. The third-order valence-corrected chi connectivity index (χ3v) is 5.42. The summed E-state index contributed by atoms with van der Waals surface area (Å²) in [6.45, 7) is 1.98. The highest BCUT2D eigenvalue weighted by atomic mass is 32.1. The predicted molar refractivity (Wildman–Crippen MR) is 104 cm³/mol. The minimum absolute atomic E-state index is 0.222. The molecule has 2 atom stereocenters. The molecule has 0 radical (unpaired) electrons. The summed E-state index contributed by atoms with van der Waals surface area (Å²) >= 11 is 1.58. The zero-order chi connectivity index (χ0) is 19.4. The molecule has 5 nitrogen and oxygen atoms in total. The van der Waals surface area contributed by atoms with E-state index in [1.54, 1.807) is 44.6 Å². The SMILES string of the molecule is CCOC(=O)[C@H]1C(=O)C=C(c2ccsc2)C[C@@H]1c1ccc(OC)c(OC)c1. The van der Waals surface area contributed by atoms with Gasteiger partial charge in [-0.05, 0) is 65.1 Å². The summed E-state index contributed by atoms with van der Waals surface area (Å²) in [5.41, 5.74) is 2.79. The Morgan fingerprint density at radius 3 is 2.59 bits per heavy atom. The number of ether oxygens (including phenoxy) is 3. The van der Waals surface area contributed by atoms with E-state index in [0.717, 1.165) is 16.7 Å². The number of ketones is 1. The van der Waals surface area contributed by atoms with E-state index in [9.17, 15) is 9.59 Å². The molecule has 0 aliphatic heterocycles. The van der Waals surface area contributed by atoms with Crippen LogP contribution in [0.25, 0.3) is 5.57 Å². The minimum Gasteiger partial charge on any atom is -0.493 e. The molecule has 0 saturated carbocycles. The van der Waals surface area contributed by atoms with Gasteiger partial charge in [0.2, 0.25) is 0 Å². The zero-order valence-electron chi connectivity index (χ0n) is 15.6. The average Bonchev–Trinajstić information content (AvgIpc) is 3.21. The van der Waals surface area contributed by atoms with E-state index in [1.807, 2.05) is 29.0 Å². The van der Waals surface area contributed by atoms with E-state index in [-0.39, 0.29) is 18.3 Å². The molecule has 1 heterocycles. The molecule has 0 unspecified atom stereocenters. The van der Waals surface area contributed by atoms with Crippen LogP contribution in [0.2, 0.25) is 0 Å². The predicted octanol–water partition coefficient (Wildman–Crippen LogP) is 4.08. The topological polar surface area (TPSA) is 61.8 Å². The molecule has 3 rings (SSSR count). The summed E-state index contributed by atoms with van der Waals surface area (Å²) in [6.07, 6.45) is 2.16. The number of carbonyl (C=O) groups is 2. The molecule has 1 aromatic carbocycles. The lowest BCUT2D eigenvalue weighted by Gasteiger charge is -2.29. The van der Waals surface area contributed by atoms with E-state index in [2.05, 4.69) is 0 Å². The molecule has 0 bridgehead atoms. The van der Waals surface area contributed by atoms with Crippen molar-refractivity contribution in [1.29, 1.82) is 0 Å². The van der Waals surface area contributed by atoms with Crippen LogP contribution in [0.15, 0.2) is 41.1 Å². The van der Waals surface area contributed by atoms with Crippen molar-refractivity contribution >= 4 is 28.7 Å². The maximum Gasteiger partial charge on any atom is 0.317 e. The van der Waals surface area contributed by atoms with Gasteiger partial charge < -0.3 is 14.2 Å². The monoisotopic (exact) mass is 386 g/mol. The molecule has 1 aliphatic carbocycles. The molecule has 1 aliphatic rings. The fourth-order valence-corrected chi connectivity index (χ4v) is 4.11. The van der Waals surface area contributed by atoms with Gasteiger partial charge in [-0.1, -0.05) is 6.07 Å². The van der Waals surface area contributed by atoms with Gasteiger partial charge >= 0.3 is 5.97 Å². The summed E-state index contributed by atoms with van der Waals surface area (Å²) in [6, 6.07) is 7.49. The summed E-state index contributed by atoms with van der Waals surface area (Å²) in [5.74, 6) is -0.716. The molecule has 0 fully saturated rings. The molecule has 27 heavy (non-hydrogen) atoms. The third-order valence-electron chi connectivity index (χ3n) is 4.73. The molecule has 2 aromatic rings. The normalized spacial score (nSPS) is 19.4. The maximum absolute atomic E-state index is 12.8. The highest BCUT2D eigenvalue weighted by Crippen LogP contribution is 2.42. The maximum atomic E-state index is 12.8. The third kappa shape index (κ3) is 3.90. The number of hydrogen-bond donors (Lipinski definition) is 0. The van der Waals surface area contributed by atoms with Crippen LogP contribution in [-0.4, -0.2) is 32.6 Å². The molecule has 0 spiro atoms. The molecule has 0 amide bonds. The Hall–Kier alpha value is -2.60. The van der Waals surface area contributed by atoms with Gasteiger partial charge in [0.05, 0.1) is 20.8 Å². The quantitative estimate of drug-likeness (QED) is 0.553. The average molecular weight is 386 g/mol. The first-order chi connectivity index (χ1) is 13.1. The molecule has 1 aromatic heterocycles. The van der Waals surface area contributed by atoms with Crippen molar-refractivity contribution in [3.8, 4) is 11.5 Å². The lowest BCUT2D eigenvalue weighted by Crippen LogP contribution is -2.34. The van der Waals surface area contributed by atoms with Gasteiger partial charge in [-0.15, -0.1) is 0 Å². The number of esters is 1. The fourth-order valence-electron chi connectivity index (χ4n) is 3.43. The molecule has 0 saturated heterocycles. The van der Waals surface area contributed by atoms with E-state index >= 15 is 0 Å². The van der Waals surface area contributed by atoms with E-state index in [1.165, 1.54) is 0 Å². The van der Waals surface area contributed by atoms with Crippen LogP contribution in [0, 0.1) is 5.92 Å². The zero-order valence-corrected chi connectivity index (χ0v) is 16.4. The highest BCUT2D eigenvalue weighted by molar-refractivity contribution is 7.08. The summed E-state index contributed by atoms with van der Waals surface area (Å²) in [5, 5.41) is 3.99. The molecular weight excluding hydrogens is 364 g/mol. The lowest BCUT2D eigenvalue weighted by atomic mass is 9.74. The molecule has 0 N–H and O–H groups in total. The Bertz CT molecular complexity index is 853. The van der Waals surface area contributed by atoms with E-state index in [0.29, 0.717) is 17.9 Å².